The van der Waals surface area contributed by atoms with Crippen LogP contribution < -0.4 is 5.73 Å². The molecule has 4 nitrogen and oxygen atoms in total. The fourth-order valence-electron chi connectivity index (χ4n) is 1.82. The van der Waals surface area contributed by atoms with E-state index in [0.29, 0.717) is 12.0 Å². The summed E-state index contributed by atoms with van der Waals surface area (Å²) < 4.78 is 5.41. The van der Waals surface area contributed by atoms with E-state index >= 15 is 0 Å². The monoisotopic (exact) mass is 199 g/mol. The average Bonchev–Trinajstić information content (AvgIpc) is 2.46. The summed E-state index contributed by atoms with van der Waals surface area (Å²) in [5.74, 6) is 0.671. The van der Waals surface area contributed by atoms with Crippen LogP contribution in [0.4, 0.5) is 0 Å². The zero-order valence-electron chi connectivity index (χ0n) is 9.58. The minimum Gasteiger partial charge on any atom is -0.379 e. The lowest BCUT2D eigenvalue weighted by molar-refractivity contribution is 0.00178. The molecule has 82 valence electrons. The molecule has 0 spiro atoms. The Balaban J connectivity index is 2.56. The molecule has 1 aliphatic rings. The van der Waals surface area contributed by atoms with Crippen LogP contribution in [-0.2, 0) is 4.74 Å². The highest BCUT2D eigenvalue weighted by Gasteiger charge is 2.30. The number of nitrogens with zero attached hydrogens (tertiary/aromatic N) is 2. The lowest BCUT2D eigenvalue weighted by Crippen LogP contribution is -2.44. The summed E-state index contributed by atoms with van der Waals surface area (Å²) in [4.78, 5) is 6.39. The first-order chi connectivity index (χ1) is 6.50. The zero-order chi connectivity index (χ0) is 10.8. The number of likely N-dealkylation sites (N-methyl/N-ethyl adjacent to an activating group) is 1. The van der Waals surface area contributed by atoms with E-state index in [1.54, 1.807) is 7.11 Å². The summed E-state index contributed by atoms with van der Waals surface area (Å²) in [6.07, 6.45) is 0.960. The van der Waals surface area contributed by atoms with E-state index in [2.05, 4.69) is 30.7 Å². The number of rotatable bonds is 4. The zero-order valence-corrected chi connectivity index (χ0v) is 9.58. The van der Waals surface area contributed by atoms with Crippen LogP contribution in [0.5, 0.6) is 0 Å². The van der Waals surface area contributed by atoms with Crippen LogP contribution in [0.3, 0.4) is 0 Å². The Kier molecular flexibility index (Phi) is 3.37. The smallest absolute Gasteiger partial charge is 0.191 e. The van der Waals surface area contributed by atoms with Gasteiger partial charge in [-0.3, -0.25) is 4.99 Å². The maximum atomic E-state index is 5.78. The number of hydrogen-bond acceptors (Lipinski definition) is 4. The lowest BCUT2D eigenvalue weighted by atomic mass is 9.98. The minimum atomic E-state index is -0.0990. The van der Waals surface area contributed by atoms with E-state index in [4.69, 9.17) is 10.5 Å². The maximum Gasteiger partial charge on any atom is 0.191 e. The van der Waals surface area contributed by atoms with Gasteiger partial charge in [0.05, 0.1) is 18.2 Å². The Labute approximate surface area is 86.1 Å². The second-order valence-corrected chi connectivity index (χ2v) is 4.31. The summed E-state index contributed by atoms with van der Waals surface area (Å²) in [6, 6.07) is 0.398. The molecule has 0 amide bonds. The second kappa shape index (κ2) is 4.17. The van der Waals surface area contributed by atoms with Crippen molar-refractivity contribution in [3.05, 3.63) is 0 Å². The molecule has 0 aromatic carbocycles. The largest absolute Gasteiger partial charge is 0.379 e. The number of methoxy groups -OCH3 is 1. The van der Waals surface area contributed by atoms with Gasteiger partial charge in [0.15, 0.2) is 5.96 Å². The molecule has 2 N–H and O–H groups in total. The van der Waals surface area contributed by atoms with E-state index in [1.165, 1.54) is 0 Å². The normalized spacial score (nSPS) is 22.7. The Hall–Kier alpha value is -0.770. The quantitative estimate of drug-likeness (QED) is 0.729. The number of aliphatic imine (C=N–C) groups is 1. The van der Waals surface area contributed by atoms with Crippen LogP contribution in [-0.4, -0.2) is 42.7 Å². The van der Waals surface area contributed by atoms with E-state index < -0.39 is 0 Å². The van der Waals surface area contributed by atoms with Crippen molar-refractivity contribution < 1.29 is 4.74 Å². The molecule has 4 heteroatoms. The number of nitrogens with two attached hydrogens (primary N) is 1. The van der Waals surface area contributed by atoms with Crippen LogP contribution in [0.15, 0.2) is 4.99 Å². The van der Waals surface area contributed by atoms with Crippen LogP contribution >= 0.6 is 0 Å². The van der Waals surface area contributed by atoms with Gasteiger partial charge in [0.25, 0.3) is 0 Å². The number of ether oxygens (including phenoxy) is 1. The molecule has 14 heavy (non-hydrogen) atoms. The second-order valence-electron chi connectivity index (χ2n) is 4.31. The van der Waals surface area contributed by atoms with Gasteiger partial charge in [0, 0.05) is 13.7 Å². The van der Waals surface area contributed by atoms with Crippen LogP contribution in [0, 0.1) is 0 Å². The van der Waals surface area contributed by atoms with Crippen molar-refractivity contribution >= 4 is 5.96 Å². The Morgan fingerprint density at radius 3 is 2.79 bits per heavy atom. The van der Waals surface area contributed by atoms with Crippen LogP contribution in [0.2, 0.25) is 0 Å². The van der Waals surface area contributed by atoms with Crippen molar-refractivity contribution in [2.75, 3.05) is 20.2 Å². The molecule has 0 aliphatic carbocycles. The minimum absolute atomic E-state index is 0.0990. The van der Waals surface area contributed by atoms with Gasteiger partial charge in [0.1, 0.15) is 0 Å². The van der Waals surface area contributed by atoms with Crippen molar-refractivity contribution in [2.45, 2.75) is 38.8 Å². The van der Waals surface area contributed by atoms with Crippen molar-refractivity contribution in [1.82, 2.24) is 4.90 Å². The predicted molar refractivity (Wildman–Crippen MR) is 58.4 cm³/mol. The fraction of sp³-hybridized carbons (Fsp3) is 0.900. The molecule has 1 heterocycles. The molecule has 0 bridgehead atoms. The standard InChI is InChI=1S/C10H21N3O/c1-5-13-8(7-12-9(13)11)6-10(2,3)14-4/h8H,5-7H2,1-4H3,(H2,11,12). The maximum absolute atomic E-state index is 5.78. The molecule has 0 aromatic rings. The first-order valence-corrected chi connectivity index (χ1v) is 5.12. The van der Waals surface area contributed by atoms with Gasteiger partial charge in [-0.15, -0.1) is 0 Å². The van der Waals surface area contributed by atoms with Crippen molar-refractivity contribution in [3.8, 4) is 0 Å². The molecule has 0 aromatic heterocycles. The van der Waals surface area contributed by atoms with E-state index in [1.807, 2.05) is 0 Å². The van der Waals surface area contributed by atoms with Gasteiger partial charge in [-0.25, -0.2) is 0 Å². The third-order valence-electron chi connectivity index (χ3n) is 2.82. The molecule has 1 unspecified atom stereocenters. The molecule has 1 rings (SSSR count). The molecule has 1 atom stereocenters. The van der Waals surface area contributed by atoms with Gasteiger partial charge < -0.3 is 15.4 Å². The first-order valence-electron chi connectivity index (χ1n) is 5.12. The first kappa shape index (κ1) is 11.3. The predicted octanol–water partition coefficient (Wildman–Crippen LogP) is 0.820. The van der Waals surface area contributed by atoms with Crippen molar-refractivity contribution in [3.63, 3.8) is 0 Å². The van der Waals surface area contributed by atoms with Gasteiger partial charge >= 0.3 is 0 Å². The highest BCUT2D eigenvalue weighted by atomic mass is 16.5. The highest BCUT2D eigenvalue weighted by Crippen LogP contribution is 2.21. The average molecular weight is 199 g/mol. The summed E-state index contributed by atoms with van der Waals surface area (Å²) in [5.41, 5.74) is 5.68. The van der Waals surface area contributed by atoms with Crippen molar-refractivity contribution in [2.24, 2.45) is 10.7 Å². The number of guanidine groups is 1. The molecular weight excluding hydrogens is 178 g/mol. The molecule has 0 radical (unpaired) electrons. The van der Waals surface area contributed by atoms with E-state index in [9.17, 15) is 0 Å². The van der Waals surface area contributed by atoms with Gasteiger partial charge in [-0.05, 0) is 27.2 Å². The molecule has 0 saturated carbocycles. The topological polar surface area (TPSA) is 50.8 Å². The Bertz CT molecular complexity index is 225. The summed E-state index contributed by atoms with van der Waals surface area (Å²) in [5, 5.41) is 0. The molecule has 0 saturated heterocycles. The molecular formula is C10H21N3O. The van der Waals surface area contributed by atoms with Crippen molar-refractivity contribution in [1.29, 1.82) is 0 Å². The summed E-state index contributed by atoms with van der Waals surface area (Å²) in [7, 11) is 1.75. The molecule has 1 aliphatic heterocycles. The van der Waals surface area contributed by atoms with Crippen LogP contribution in [0.1, 0.15) is 27.2 Å². The Morgan fingerprint density at radius 1 is 1.64 bits per heavy atom. The van der Waals surface area contributed by atoms with Gasteiger partial charge in [-0.2, -0.15) is 0 Å². The van der Waals surface area contributed by atoms with E-state index in [0.717, 1.165) is 19.5 Å². The lowest BCUT2D eigenvalue weighted by Gasteiger charge is -2.31. The van der Waals surface area contributed by atoms with Gasteiger partial charge in [0.2, 0.25) is 0 Å². The number of hydrogen-bond donors (Lipinski definition) is 1. The van der Waals surface area contributed by atoms with Crippen LogP contribution in [0.25, 0.3) is 0 Å². The van der Waals surface area contributed by atoms with E-state index in [-0.39, 0.29) is 5.60 Å². The third kappa shape index (κ3) is 2.38. The Morgan fingerprint density at radius 2 is 2.29 bits per heavy atom. The highest BCUT2D eigenvalue weighted by molar-refractivity contribution is 5.80. The fourth-order valence-corrected chi connectivity index (χ4v) is 1.82. The van der Waals surface area contributed by atoms with Gasteiger partial charge in [-0.1, -0.05) is 0 Å². The third-order valence-corrected chi connectivity index (χ3v) is 2.82. The molecule has 0 fully saturated rings. The SMILES string of the molecule is CCN1C(N)=NCC1CC(C)(C)OC. The summed E-state index contributed by atoms with van der Waals surface area (Å²) >= 11 is 0. The summed E-state index contributed by atoms with van der Waals surface area (Å²) in [6.45, 7) is 8.00.